The maximum absolute atomic E-state index is 5.62. The Morgan fingerprint density at radius 1 is 1.47 bits per heavy atom. The number of aromatic nitrogens is 1. The summed E-state index contributed by atoms with van der Waals surface area (Å²) in [5, 5.41) is 2.31. The molecule has 1 aromatic rings. The standard InChI is InChI=1S/C14H22BrN3O/c1-3-19-13-9-11(10-17-14(13)15)12-7-5-4-6-8-18(12)16-2/h9-10,12,16H,3-8H2,1-2H3/t12-/m0/s1. The molecule has 0 amide bonds. The van der Waals surface area contributed by atoms with Crippen LogP contribution in [0.1, 0.15) is 44.2 Å². The minimum atomic E-state index is 0.382. The summed E-state index contributed by atoms with van der Waals surface area (Å²) in [6.07, 6.45) is 6.93. The van der Waals surface area contributed by atoms with Crippen molar-refractivity contribution in [1.29, 1.82) is 0 Å². The fourth-order valence-electron chi connectivity index (χ4n) is 2.60. The first kappa shape index (κ1) is 14.8. The smallest absolute Gasteiger partial charge is 0.152 e. The highest BCUT2D eigenvalue weighted by atomic mass is 79.9. The van der Waals surface area contributed by atoms with Gasteiger partial charge in [0, 0.05) is 12.7 Å². The number of nitrogens with zero attached hydrogens (tertiary/aromatic N) is 2. The molecule has 0 saturated carbocycles. The molecule has 2 rings (SSSR count). The third-order valence-corrected chi connectivity index (χ3v) is 4.15. The Morgan fingerprint density at radius 3 is 3.05 bits per heavy atom. The van der Waals surface area contributed by atoms with Gasteiger partial charge in [0.1, 0.15) is 4.60 Å². The van der Waals surface area contributed by atoms with Gasteiger partial charge < -0.3 is 4.74 Å². The van der Waals surface area contributed by atoms with Gasteiger partial charge in [0.2, 0.25) is 0 Å². The minimum Gasteiger partial charge on any atom is -0.491 e. The highest BCUT2D eigenvalue weighted by molar-refractivity contribution is 9.10. The summed E-state index contributed by atoms with van der Waals surface area (Å²) in [5.41, 5.74) is 4.54. The third kappa shape index (κ3) is 3.68. The van der Waals surface area contributed by atoms with Gasteiger partial charge in [0.15, 0.2) is 5.75 Å². The van der Waals surface area contributed by atoms with Crippen LogP contribution in [-0.2, 0) is 0 Å². The zero-order valence-electron chi connectivity index (χ0n) is 11.7. The molecular formula is C14H22BrN3O. The van der Waals surface area contributed by atoms with Gasteiger partial charge >= 0.3 is 0 Å². The zero-order valence-corrected chi connectivity index (χ0v) is 13.2. The maximum Gasteiger partial charge on any atom is 0.152 e. The topological polar surface area (TPSA) is 37.4 Å². The van der Waals surface area contributed by atoms with Gasteiger partial charge in [-0.15, -0.1) is 0 Å². The highest BCUT2D eigenvalue weighted by Crippen LogP contribution is 2.32. The number of hydrogen-bond donors (Lipinski definition) is 1. The van der Waals surface area contributed by atoms with Crippen molar-refractivity contribution >= 4 is 15.9 Å². The molecule has 5 heteroatoms. The highest BCUT2D eigenvalue weighted by Gasteiger charge is 2.22. The summed E-state index contributed by atoms with van der Waals surface area (Å²) < 4.78 is 6.40. The average molecular weight is 328 g/mol. The van der Waals surface area contributed by atoms with E-state index in [9.17, 15) is 0 Å². The van der Waals surface area contributed by atoms with E-state index in [0.717, 1.165) is 23.3 Å². The van der Waals surface area contributed by atoms with Gasteiger partial charge in [-0.2, -0.15) is 0 Å². The van der Waals surface area contributed by atoms with Crippen LogP contribution >= 0.6 is 15.9 Å². The maximum atomic E-state index is 5.62. The molecule has 1 aliphatic heterocycles. The van der Waals surface area contributed by atoms with Gasteiger partial charge in [-0.05, 0) is 54.4 Å². The summed E-state index contributed by atoms with van der Waals surface area (Å²) in [4.78, 5) is 4.41. The van der Waals surface area contributed by atoms with Crippen LogP contribution in [0.15, 0.2) is 16.9 Å². The van der Waals surface area contributed by atoms with Gasteiger partial charge in [-0.25, -0.2) is 9.99 Å². The fraction of sp³-hybridized carbons (Fsp3) is 0.643. The molecule has 0 unspecified atom stereocenters. The van der Waals surface area contributed by atoms with Crippen LogP contribution in [-0.4, -0.2) is 30.2 Å². The lowest BCUT2D eigenvalue weighted by atomic mass is 10.0. The van der Waals surface area contributed by atoms with E-state index in [4.69, 9.17) is 4.74 Å². The Hall–Kier alpha value is -0.650. The van der Waals surface area contributed by atoms with Gasteiger partial charge in [-0.1, -0.05) is 12.8 Å². The number of rotatable bonds is 4. The van der Waals surface area contributed by atoms with Crippen molar-refractivity contribution in [3.8, 4) is 5.75 Å². The van der Waals surface area contributed by atoms with E-state index in [2.05, 4.69) is 37.4 Å². The molecule has 0 spiro atoms. The molecule has 0 bridgehead atoms. The monoisotopic (exact) mass is 327 g/mol. The molecule has 4 nitrogen and oxygen atoms in total. The second-order valence-electron chi connectivity index (χ2n) is 4.77. The van der Waals surface area contributed by atoms with Crippen molar-refractivity contribution in [3.63, 3.8) is 0 Å². The normalized spacial score (nSPS) is 21.1. The third-order valence-electron chi connectivity index (χ3n) is 3.55. The molecule has 0 aliphatic carbocycles. The minimum absolute atomic E-state index is 0.382. The first-order valence-electron chi connectivity index (χ1n) is 6.98. The lowest BCUT2D eigenvalue weighted by molar-refractivity contribution is 0.142. The number of hydrogen-bond acceptors (Lipinski definition) is 4. The largest absolute Gasteiger partial charge is 0.491 e. The molecule has 1 saturated heterocycles. The summed E-state index contributed by atoms with van der Waals surface area (Å²) in [6, 6.07) is 2.49. The van der Waals surface area contributed by atoms with Crippen LogP contribution in [0, 0.1) is 0 Å². The van der Waals surface area contributed by atoms with E-state index in [1.54, 1.807) is 0 Å². The Labute approximate surface area is 123 Å². The van der Waals surface area contributed by atoms with Crippen molar-refractivity contribution in [2.45, 2.75) is 38.6 Å². The van der Waals surface area contributed by atoms with Gasteiger partial charge in [-0.3, -0.25) is 5.43 Å². The van der Waals surface area contributed by atoms with E-state index >= 15 is 0 Å². The Balaban J connectivity index is 2.25. The quantitative estimate of drug-likeness (QED) is 0.861. The van der Waals surface area contributed by atoms with Crippen LogP contribution in [0.2, 0.25) is 0 Å². The Bertz CT molecular complexity index is 414. The summed E-state index contributed by atoms with van der Waals surface area (Å²) in [5.74, 6) is 0.834. The van der Waals surface area contributed by atoms with E-state index in [0.29, 0.717) is 12.6 Å². The van der Waals surface area contributed by atoms with E-state index < -0.39 is 0 Å². The molecule has 1 aliphatic rings. The van der Waals surface area contributed by atoms with Gasteiger partial charge in [0.05, 0.1) is 12.6 Å². The SMILES string of the molecule is CCOc1cc([C@@H]2CCCCCN2NC)cnc1Br. The van der Waals surface area contributed by atoms with Crippen molar-refractivity contribution in [3.05, 3.63) is 22.4 Å². The van der Waals surface area contributed by atoms with Crippen molar-refractivity contribution in [2.75, 3.05) is 20.2 Å². The molecule has 1 N–H and O–H groups in total. The molecule has 1 fully saturated rings. The second kappa shape index (κ2) is 7.22. The van der Waals surface area contributed by atoms with E-state index in [-0.39, 0.29) is 0 Å². The lowest BCUT2D eigenvalue weighted by Gasteiger charge is -2.29. The first-order chi connectivity index (χ1) is 9.26. The molecule has 1 atom stereocenters. The zero-order chi connectivity index (χ0) is 13.7. The molecule has 0 radical (unpaired) electrons. The molecule has 2 heterocycles. The first-order valence-corrected chi connectivity index (χ1v) is 7.77. The number of pyridine rings is 1. The summed E-state index contributed by atoms with van der Waals surface area (Å²) in [6.45, 7) is 3.73. The van der Waals surface area contributed by atoms with E-state index in [1.807, 2.05) is 20.2 Å². The molecule has 106 valence electrons. The summed E-state index contributed by atoms with van der Waals surface area (Å²) in [7, 11) is 1.99. The molecule has 19 heavy (non-hydrogen) atoms. The summed E-state index contributed by atoms with van der Waals surface area (Å²) >= 11 is 3.44. The molecule has 0 aromatic carbocycles. The van der Waals surface area contributed by atoms with Crippen LogP contribution in [0.25, 0.3) is 0 Å². The predicted octanol–water partition coefficient (Wildman–Crippen LogP) is 3.29. The van der Waals surface area contributed by atoms with Crippen LogP contribution < -0.4 is 10.2 Å². The average Bonchev–Trinajstić information content (AvgIpc) is 2.66. The number of ether oxygens (including phenoxy) is 1. The van der Waals surface area contributed by atoms with Gasteiger partial charge in [0.25, 0.3) is 0 Å². The molecular weight excluding hydrogens is 306 g/mol. The van der Waals surface area contributed by atoms with Crippen molar-refractivity contribution in [1.82, 2.24) is 15.4 Å². The van der Waals surface area contributed by atoms with Crippen LogP contribution in [0.3, 0.4) is 0 Å². The molecule has 1 aromatic heterocycles. The number of halogens is 1. The lowest BCUT2D eigenvalue weighted by Crippen LogP contribution is -2.38. The fourth-order valence-corrected chi connectivity index (χ4v) is 2.94. The number of nitrogens with one attached hydrogen (secondary N) is 1. The van der Waals surface area contributed by atoms with Crippen LogP contribution in [0.5, 0.6) is 5.75 Å². The van der Waals surface area contributed by atoms with Crippen molar-refractivity contribution in [2.24, 2.45) is 0 Å². The second-order valence-corrected chi connectivity index (χ2v) is 5.52. The predicted molar refractivity (Wildman–Crippen MR) is 80.1 cm³/mol. The van der Waals surface area contributed by atoms with E-state index in [1.165, 1.54) is 24.8 Å². The van der Waals surface area contributed by atoms with Crippen molar-refractivity contribution < 1.29 is 4.74 Å². The Kier molecular flexibility index (Phi) is 5.60. The Morgan fingerprint density at radius 2 is 2.32 bits per heavy atom. The number of hydrazine groups is 1. The van der Waals surface area contributed by atoms with Crippen LogP contribution in [0.4, 0.5) is 0 Å².